The van der Waals surface area contributed by atoms with Crippen molar-refractivity contribution in [3.63, 3.8) is 0 Å². The summed E-state index contributed by atoms with van der Waals surface area (Å²) in [6.07, 6.45) is -2.88. The molecule has 1 saturated heterocycles. The summed E-state index contributed by atoms with van der Waals surface area (Å²) in [5, 5.41) is 13.2. The number of nitrogens with zero attached hydrogens (tertiary/aromatic N) is 4. The van der Waals surface area contributed by atoms with Gasteiger partial charge in [0.1, 0.15) is 11.9 Å². The van der Waals surface area contributed by atoms with E-state index in [0.717, 1.165) is 0 Å². The third-order valence-corrected chi connectivity index (χ3v) is 4.26. The fraction of sp³-hybridized carbons (Fsp3) is 0.533. The molecular formula is C15H19F3N6O. The quantitative estimate of drug-likeness (QED) is 0.839. The van der Waals surface area contributed by atoms with Crippen molar-refractivity contribution in [1.82, 2.24) is 30.1 Å². The van der Waals surface area contributed by atoms with E-state index in [0.29, 0.717) is 37.7 Å². The van der Waals surface area contributed by atoms with E-state index in [1.807, 2.05) is 0 Å². The van der Waals surface area contributed by atoms with E-state index in [2.05, 4.69) is 20.8 Å². The summed E-state index contributed by atoms with van der Waals surface area (Å²) < 4.78 is 41.6. The molecule has 0 radical (unpaired) electrons. The Hall–Kier alpha value is -2.20. The zero-order valence-corrected chi connectivity index (χ0v) is 13.7. The van der Waals surface area contributed by atoms with E-state index < -0.39 is 24.7 Å². The maximum atomic E-state index is 13.3. The number of hydrogen-bond donors (Lipinski definition) is 2. The minimum atomic E-state index is -4.40. The first-order chi connectivity index (χ1) is 11.9. The molecule has 2 aromatic rings. The minimum absolute atomic E-state index is 0.261. The largest absolute Gasteiger partial charge is 0.405 e. The fourth-order valence-electron chi connectivity index (χ4n) is 2.88. The Balaban J connectivity index is 1.70. The van der Waals surface area contributed by atoms with Crippen molar-refractivity contribution in [3.8, 4) is 0 Å². The van der Waals surface area contributed by atoms with Crippen LogP contribution >= 0.6 is 0 Å². The molecule has 1 atom stereocenters. The Kier molecular flexibility index (Phi) is 4.91. The molecule has 136 valence electrons. The van der Waals surface area contributed by atoms with E-state index in [1.54, 1.807) is 17.4 Å². The van der Waals surface area contributed by atoms with Gasteiger partial charge in [-0.1, -0.05) is 0 Å². The highest BCUT2D eigenvalue weighted by Crippen LogP contribution is 2.24. The normalized spacial score (nSPS) is 17.6. The van der Waals surface area contributed by atoms with Crippen molar-refractivity contribution in [2.75, 3.05) is 32.7 Å². The zero-order valence-electron chi connectivity index (χ0n) is 13.7. The number of hydrogen-bond acceptors (Lipinski definition) is 5. The number of nitrogens with one attached hydrogen (secondary N) is 2. The number of aryl methyl sites for hydroxylation is 1. The number of amides is 1. The molecular weight excluding hydrogens is 337 g/mol. The first-order valence-electron chi connectivity index (χ1n) is 7.97. The number of halogens is 3. The zero-order chi connectivity index (χ0) is 18.0. The molecule has 0 spiro atoms. The maximum absolute atomic E-state index is 13.3. The minimum Gasteiger partial charge on any atom is -0.350 e. The van der Waals surface area contributed by atoms with Crippen LogP contribution < -0.4 is 10.6 Å². The maximum Gasteiger partial charge on any atom is 0.405 e. The molecule has 0 bridgehead atoms. The molecule has 1 aliphatic rings. The molecule has 1 fully saturated rings. The highest BCUT2D eigenvalue weighted by Gasteiger charge is 2.43. The van der Waals surface area contributed by atoms with Crippen molar-refractivity contribution < 1.29 is 18.0 Å². The van der Waals surface area contributed by atoms with Crippen LogP contribution in [0.25, 0.3) is 5.65 Å². The van der Waals surface area contributed by atoms with Crippen LogP contribution in [0.15, 0.2) is 18.3 Å². The van der Waals surface area contributed by atoms with Crippen LogP contribution in [0.4, 0.5) is 13.2 Å². The first kappa shape index (κ1) is 17.6. The van der Waals surface area contributed by atoms with Gasteiger partial charge in [0.25, 0.3) is 5.91 Å². The van der Waals surface area contributed by atoms with Crippen LogP contribution in [0, 0.1) is 6.92 Å². The van der Waals surface area contributed by atoms with Gasteiger partial charge in [0, 0.05) is 38.9 Å². The molecule has 1 aliphatic heterocycles. The van der Waals surface area contributed by atoms with Crippen molar-refractivity contribution >= 4 is 11.6 Å². The molecule has 3 rings (SSSR count). The van der Waals surface area contributed by atoms with Gasteiger partial charge in [0.15, 0.2) is 5.65 Å². The number of fused-ring (bicyclic) bond motifs is 1. The average molecular weight is 356 g/mol. The second-order valence-corrected chi connectivity index (χ2v) is 5.95. The van der Waals surface area contributed by atoms with Crippen molar-refractivity contribution in [1.29, 1.82) is 0 Å². The van der Waals surface area contributed by atoms with E-state index in [4.69, 9.17) is 0 Å². The standard InChI is InChI=1S/C15H19F3N6O/c1-10-21-22-13-3-2-11(9-24(10)13)14(25)20-8-12(15(16,17)18)23-6-4-19-5-7-23/h2-3,9,12,19H,4-8H2,1H3,(H,20,25). The average Bonchev–Trinajstić information content (AvgIpc) is 2.95. The Morgan fingerprint density at radius 3 is 2.72 bits per heavy atom. The Morgan fingerprint density at radius 2 is 2.04 bits per heavy atom. The predicted octanol–water partition coefficient (Wildman–Crippen LogP) is 0.604. The van der Waals surface area contributed by atoms with Crippen molar-refractivity contribution in [3.05, 3.63) is 29.7 Å². The summed E-state index contributed by atoms with van der Waals surface area (Å²) in [7, 11) is 0. The molecule has 7 nitrogen and oxygen atoms in total. The lowest BCUT2D eigenvalue weighted by atomic mass is 10.2. The van der Waals surface area contributed by atoms with Crippen LogP contribution in [0.2, 0.25) is 0 Å². The number of piperazine rings is 1. The lowest BCUT2D eigenvalue weighted by Gasteiger charge is -2.35. The van der Waals surface area contributed by atoms with Gasteiger partial charge in [0.2, 0.25) is 0 Å². The highest BCUT2D eigenvalue weighted by molar-refractivity contribution is 5.94. The lowest BCUT2D eigenvalue weighted by Crippen LogP contribution is -2.57. The van der Waals surface area contributed by atoms with Gasteiger partial charge in [0.05, 0.1) is 5.56 Å². The summed E-state index contributed by atoms with van der Waals surface area (Å²) in [5.41, 5.74) is 0.833. The Labute approximate surface area is 142 Å². The van der Waals surface area contributed by atoms with Crippen LogP contribution in [0.5, 0.6) is 0 Å². The molecule has 2 N–H and O–H groups in total. The molecule has 2 aromatic heterocycles. The van der Waals surface area contributed by atoms with Gasteiger partial charge in [-0.05, 0) is 19.1 Å². The topological polar surface area (TPSA) is 74.6 Å². The molecule has 1 amide bonds. The number of alkyl halides is 3. The lowest BCUT2D eigenvalue weighted by molar-refractivity contribution is -0.183. The van der Waals surface area contributed by atoms with E-state index in [-0.39, 0.29) is 5.56 Å². The molecule has 0 saturated carbocycles. The van der Waals surface area contributed by atoms with Gasteiger partial charge in [-0.25, -0.2) is 0 Å². The second-order valence-electron chi connectivity index (χ2n) is 5.95. The summed E-state index contributed by atoms with van der Waals surface area (Å²) >= 11 is 0. The van der Waals surface area contributed by atoms with Gasteiger partial charge in [-0.3, -0.25) is 14.1 Å². The number of pyridine rings is 1. The summed E-state index contributed by atoms with van der Waals surface area (Å²) in [4.78, 5) is 13.6. The molecule has 0 aliphatic carbocycles. The smallest absolute Gasteiger partial charge is 0.350 e. The molecule has 10 heteroatoms. The summed E-state index contributed by atoms with van der Waals surface area (Å²) in [6, 6.07) is 1.43. The second kappa shape index (κ2) is 6.96. The predicted molar refractivity (Wildman–Crippen MR) is 84.3 cm³/mol. The van der Waals surface area contributed by atoms with E-state index in [9.17, 15) is 18.0 Å². The number of aromatic nitrogens is 3. The summed E-state index contributed by atoms with van der Waals surface area (Å²) in [5.74, 6) is 0.0398. The number of carbonyl (C=O) groups is 1. The van der Waals surface area contributed by atoms with Gasteiger partial charge in [-0.2, -0.15) is 13.2 Å². The van der Waals surface area contributed by atoms with Gasteiger partial charge < -0.3 is 10.6 Å². The molecule has 1 unspecified atom stereocenters. The van der Waals surface area contributed by atoms with E-state index in [1.165, 1.54) is 17.2 Å². The van der Waals surface area contributed by atoms with Crippen LogP contribution in [-0.4, -0.2) is 70.3 Å². The van der Waals surface area contributed by atoms with Crippen LogP contribution in [-0.2, 0) is 0 Å². The first-order valence-corrected chi connectivity index (χ1v) is 7.97. The Morgan fingerprint density at radius 1 is 1.32 bits per heavy atom. The number of carbonyl (C=O) groups excluding carboxylic acids is 1. The van der Waals surface area contributed by atoms with Gasteiger partial charge in [-0.15, -0.1) is 10.2 Å². The van der Waals surface area contributed by atoms with Gasteiger partial charge >= 0.3 is 6.18 Å². The molecule has 3 heterocycles. The van der Waals surface area contributed by atoms with Crippen LogP contribution in [0.1, 0.15) is 16.2 Å². The highest BCUT2D eigenvalue weighted by atomic mass is 19.4. The third-order valence-electron chi connectivity index (χ3n) is 4.26. The van der Waals surface area contributed by atoms with Crippen molar-refractivity contribution in [2.24, 2.45) is 0 Å². The van der Waals surface area contributed by atoms with Crippen LogP contribution in [0.3, 0.4) is 0 Å². The van der Waals surface area contributed by atoms with E-state index >= 15 is 0 Å². The monoisotopic (exact) mass is 356 g/mol. The summed E-state index contributed by atoms with van der Waals surface area (Å²) in [6.45, 7) is 2.85. The molecule has 0 aromatic carbocycles. The SMILES string of the molecule is Cc1nnc2ccc(C(=O)NCC(N3CCNCC3)C(F)(F)F)cn12. The number of rotatable bonds is 4. The third kappa shape index (κ3) is 3.90. The van der Waals surface area contributed by atoms with Crippen molar-refractivity contribution in [2.45, 2.75) is 19.1 Å². The fourth-order valence-corrected chi connectivity index (χ4v) is 2.88. The molecule has 25 heavy (non-hydrogen) atoms. The Bertz CT molecular complexity index is 753.